The molecule has 0 bridgehead atoms. The number of aromatic nitrogens is 4. The quantitative estimate of drug-likeness (QED) is 0.305. The molecule has 4 heterocycles. The van der Waals surface area contributed by atoms with E-state index >= 15 is 0 Å². The van der Waals surface area contributed by atoms with Gasteiger partial charge in [-0.3, -0.25) is 14.2 Å². The van der Waals surface area contributed by atoms with E-state index in [0.717, 1.165) is 0 Å². The molecular formula is C24H24F2N4O5. The number of carbonyl (C=O) groups is 1. The van der Waals surface area contributed by atoms with E-state index in [2.05, 4.69) is 9.97 Å². The monoisotopic (exact) mass is 486 g/mol. The Balaban J connectivity index is 0.000000198. The van der Waals surface area contributed by atoms with Gasteiger partial charge in [0.1, 0.15) is 17.9 Å². The fourth-order valence-electron chi connectivity index (χ4n) is 3.42. The van der Waals surface area contributed by atoms with Crippen LogP contribution in [0.15, 0.2) is 46.0 Å². The van der Waals surface area contributed by atoms with Crippen LogP contribution >= 0.6 is 0 Å². The molecule has 4 rings (SSSR count). The molecule has 0 atom stereocenters. The first-order valence-electron chi connectivity index (χ1n) is 10.5. The molecule has 4 aromatic rings. The van der Waals surface area contributed by atoms with Crippen LogP contribution < -0.4 is 11.1 Å². The number of aldehydes is 1. The van der Waals surface area contributed by atoms with Crippen molar-refractivity contribution in [2.75, 3.05) is 14.2 Å². The Morgan fingerprint density at radius 3 is 1.77 bits per heavy atom. The lowest BCUT2D eigenvalue weighted by Gasteiger charge is -2.16. The second-order valence-corrected chi connectivity index (χ2v) is 7.55. The van der Waals surface area contributed by atoms with E-state index in [9.17, 15) is 23.2 Å². The Morgan fingerprint density at radius 2 is 1.31 bits per heavy atom. The number of pyridine rings is 4. The molecule has 0 saturated carbocycles. The molecule has 0 unspecified atom stereocenters. The summed E-state index contributed by atoms with van der Waals surface area (Å²) in [6, 6.07) is 8.34. The number of halogens is 2. The van der Waals surface area contributed by atoms with Crippen LogP contribution in [0.1, 0.15) is 11.4 Å². The van der Waals surface area contributed by atoms with Crippen LogP contribution in [0.3, 0.4) is 0 Å². The van der Waals surface area contributed by atoms with Gasteiger partial charge in [0.15, 0.2) is 6.29 Å². The molecular weight excluding hydrogens is 462 g/mol. The minimum Gasteiger partial charge on any atom is -0.354 e. The zero-order valence-electron chi connectivity index (χ0n) is 19.6. The number of carbonyl (C=O) groups excluding carboxylic acids is 1. The number of hydrogen-bond acceptors (Lipinski definition) is 7. The molecule has 0 aromatic carbocycles. The summed E-state index contributed by atoms with van der Waals surface area (Å²) in [5, 5.41) is 0. The molecule has 0 amide bonds. The molecule has 0 saturated heterocycles. The average Bonchev–Trinajstić information content (AvgIpc) is 2.83. The van der Waals surface area contributed by atoms with Crippen LogP contribution in [0.4, 0.5) is 8.78 Å². The topological polar surface area (TPSA) is 105 Å². The summed E-state index contributed by atoms with van der Waals surface area (Å²) in [5.41, 5.74) is 1.79. The van der Waals surface area contributed by atoms with Gasteiger partial charge < -0.3 is 18.8 Å². The Bertz CT molecular complexity index is 1500. The Morgan fingerprint density at radius 1 is 0.857 bits per heavy atom. The first kappa shape index (κ1) is 25.8. The van der Waals surface area contributed by atoms with Gasteiger partial charge in [-0.25, -0.2) is 18.7 Å². The molecule has 0 fully saturated rings. The van der Waals surface area contributed by atoms with E-state index in [1.165, 1.54) is 53.7 Å². The smallest absolute Gasteiger partial charge is 0.251 e. The van der Waals surface area contributed by atoms with Gasteiger partial charge >= 0.3 is 0 Å². The van der Waals surface area contributed by atoms with Crippen molar-refractivity contribution < 1.29 is 23.0 Å². The second-order valence-electron chi connectivity index (χ2n) is 7.55. The van der Waals surface area contributed by atoms with Crippen LogP contribution in [0, 0.1) is 25.5 Å². The highest BCUT2D eigenvalue weighted by Gasteiger charge is 2.13. The fourth-order valence-corrected chi connectivity index (χ4v) is 3.42. The number of fused-ring (bicyclic) bond motifs is 2. The molecule has 35 heavy (non-hydrogen) atoms. The maximum Gasteiger partial charge on any atom is 0.251 e. The molecule has 9 nitrogen and oxygen atoms in total. The van der Waals surface area contributed by atoms with Crippen molar-refractivity contribution in [3.8, 4) is 0 Å². The second kappa shape index (κ2) is 11.1. The maximum absolute atomic E-state index is 13.6. The molecule has 0 radical (unpaired) electrons. The molecule has 184 valence electrons. The minimum absolute atomic E-state index is 0.0969. The summed E-state index contributed by atoms with van der Waals surface area (Å²) < 4.78 is 39.7. The average molecular weight is 486 g/mol. The van der Waals surface area contributed by atoms with E-state index in [1.54, 1.807) is 19.9 Å². The summed E-state index contributed by atoms with van der Waals surface area (Å²) in [5.74, 6) is -0.934. The number of nitrogens with zero attached hydrogens (tertiary/aromatic N) is 4. The number of rotatable bonds is 6. The lowest BCUT2D eigenvalue weighted by molar-refractivity contribution is -0.110. The molecule has 0 aliphatic heterocycles. The first-order valence-corrected chi connectivity index (χ1v) is 10.5. The molecule has 0 aliphatic carbocycles. The van der Waals surface area contributed by atoms with Gasteiger partial charge in [0.2, 0.25) is 0 Å². The number of methoxy groups -OCH3 is 2. The largest absolute Gasteiger partial charge is 0.354 e. The summed E-state index contributed by atoms with van der Waals surface area (Å²) in [6.45, 7) is 3.20. The summed E-state index contributed by atoms with van der Waals surface area (Å²) in [7, 11) is 2.96. The zero-order valence-corrected chi connectivity index (χ0v) is 19.6. The van der Waals surface area contributed by atoms with E-state index in [4.69, 9.17) is 9.47 Å². The van der Waals surface area contributed by atoms with Crippen molar-refractivity contribution in [1.82, 2.24) is 19.1 Å². The summed E-state index contributed by atoms with van der Waals surface area (Å²) in [6.07, 6.45) is 0.0196. The Hall–Kier alpha value is -3.83. The molecule has 4 aromatic heterocycles. The third-order valence-electron chi connectivity index (χ3n) is 5.32. The number of ether oxygens (including phenoxy) is 2. The zero-order chi connectivity index (χ0) is 25.7. The number of aryl methyl sites for hydroxylation is 2. The van der Waals surface area contributed by atoms with Gasteiger partial charge in [0, 0.05) is 38.5 Å². The van der Waals surface area contributed by atoms with Gasteiger partial charge in [-0.15, -0.1) is 0 Å². The highest BCUT2D eigenvalue weighted by atomic mass is 19.1. The van der Waals surface area contributed by atoms with Gasteiger partial charge in [-0.1, -0.05) is 0 Å². The normalized spacial score (nSPS) is 11.1. The predicted molar refractivity (Wildman–Crippen MR) is 125 cm³/mol. The van der Waals surface area contributed by atoms with E-state index in [-0.39, 0.29) is 29.9 Å². The molecule has 0 spiro atoms. The Labute approximate surface area is 198 Å². The predicted octanol–water partition coefficient (Wildman–Crippen LogP) is 2.51. The summed E-state index contributed by atoms with van der Waals surface area (Å²) in [4.78, 5) is 41.9. The van der Waals surface area contributed by atoms with Gasteiger partial charge in [0.05, 0.1) is 46.5 Å². The van der Waals surface area contributed by atoms with Crippen LogP contribution in [0.5, 0.6) is 0 Å². The highest BCUT2D eigenvalue weighted by Crippen LogP contribution is 2.15. The van der Waals surface area contributed by atoms with Crippen molar-refractivity contribution >= 4 is 28.4 Å². The SMILES string of the molecule is COC(Cn1c(=O)ccc2nc(C)c(F)cc21)OC.Cc1nc2ccc(=O)n(CC=O)c2cc1F. The van der Waals surface area contributed by atoms with Crippen LogP contribution in [-0.4, -0.2) is 45.9 Å². The third-order valence-corrected chi connectivity index (χ3v) is 5.32. The Kier molecular flexibility index (Phi) is 8.15. The molecule has 11 heteroatoms. The van der Waals surface area contributed by atoms with Crippen LogP contribution in [0.25, 0.3) is 22.1 Å². The van der Waals surface area contributed by atoms with Crippen molar-refractivity contribution in [1.29, 1.82) is 0 Å². The summed E-state index contributed by atoms with van der Waals surface area (Å²) >= 11 is 0. The highest BCUT2D eigenvalue weighted by molar-refractivity contribution is 5.76. The van der Waals surface area contributed by atoms with Gasteiger partial charge in [-0.2, -0.15) is 0 Å². The standard InChI is InChI=1S/C13H15FN2O3.C11H9FN2O2/c1-8-9(14)6-11-10(15-8)4-5-12(17)16(11)7-13(18-2)19-3;1-7-8(12)6-10-9(13-7)2-3-11(16)14(10)4-5-15/h4-6,13H,7H2,1-3H3;2-3,5-6H,4H2,1H3. The minimum atomic E-state index is -0.576. The van der Waals surface area contributed by atoms with Gasteiger partial charge in [0.25, 0.3) is 11.1 Å². The van der Waals surface area contributed by atoms with E-state index in [1.807, 2.05) is 0 Å². The number of hydrogen-bond donors (Lipinski definition) is 0. The molecule has 0 aliphatic rings. The van der Waals surface area contributed by atoms with E-state index < -0.39 is 17.9 Å². The lowest BCUT2D eigenvalue weighted by Crippen LogP contribution is -2.28. The third kappa shape index (κ3) is 5.64. The van der Waals surface area contributed by atoms with E-state index in [0.29, 0.717) is 34.0 Å². The maximum atomic E-state index is 13.6. The van der Waals surface area contributed by atoms with Crippen molar-refractivity contribution in [3.05, 3.63) is 80.1 Å². The van der Waals surface area contributed by atoms with Crippen molar-refractivity contribution in [3.63, 3.8) is 0 Å². The first-order chi connectivity index (χ1) is 16.7. The lowest BCUT2D eigenvalue weighted by atomic mass is 10.2. The van der Waals surface area contributed by atoms with Crippen LogP contribution in [0.2, 0.25) is 0 Å². The van der Waals surface area contributed by atoms with Crippen LogP contribution in [-0.2, 0) is 27.4 Å². The molecule has 0 N–H and O–H groups in total. The van der Waals surface area contributed by atoms with Crippen molar-refractivity contribution in [2.45, 2.75) is 33.2 Å². The fraction of sp³-hybridized carbons (Fsp3) is 0.292. The van der Waals surface area contributed by atoms with Gasteiger partial charge in [-0.05, 0) is 26.0 Å². The van der Waals surface area contributed by atoms with Crippen molar-refractivity contribution in [2.24, 2.45) is 0 Å².